The van der Waals surface area contributed by atoms with Crippen LogP contribution >= 0.6 is 11.6 Å². The SMILES string of the molecule is N#CCc1ccc(NC(=O)c2cc(N)cnc2Cl)cc1. The minimum Gasteiger partial charge on any atom is -0.397 e. The van der Waals surface area contributed by atoms with E-state index in [-0.39, 0.29) is 16.6 Å². The molecule has 0 unspecified atom stereocenters. The molecule has 2 rings (SSSR count). The summed E-state index contributed by atoms with van der Waals surface area (Å²) in [7, 11) is 0. The summed E-state index contributed by atoms with van der Waals surface area (Å²) in [5.41, 5.74) is 7.65. The molecule has 0 saturated heterocycles. The van der Waals surface area contributed by atoms with Crippen LogP contribution < -0.4 is 11.1 Å². The summed E-state index contributed by atoms with van der Waals surface area (Å²) < 4.78 is 0. The Morgan fingerprint density at radius 3 is 2.75 bits per heavy atom. The lowest BCUT2D eigenvalue weighted by atomic mass is 10.1. The van der Waals surface area contributed by atoms with Crippen molar-refractivity contribution in [1.82, 2.24) is 4.98 Å². The standard InChI is InChI=1S/C14H11ClN4O/c15-13-12(7-10(17)8-18-13)14(20)19-11-3-1-9(2-4-11)5-6-16/h1-4,7-8H,5,17H2,(H,19,20). The first kappa shape index (κ1) is 13.8. The van der Waals surface area contributed by atoms with E-state index >= 15 is 0 Å². The van der Waals surface area contributed by atoms with Crippen LogP contribution in [0, 0.1) is 11.3 Å². The number of nitrogens with two attached hydrogens (primary N) is 1. The molecule has 0 spiro atoms. The second-order valence-electron chi connectivity index (χ2n) is 4.09. The largest absolute Gasteiger partial charge is 0.397 e. The van der Waals surface area contributed by atoms with Crippen LogP contribution in [0.25, 0.3) is 0 Å². The van der Waals surface area contributed by atoms with Gasteiger partial charge in [-0.25, -0.2) is 4.98 Å². The lowest BCUT2D eigenvalue weighted by Gasteiger charge is -2.07. The molecule has 0 aliphatic rings. The molecular weight excluding hydrogens is 276 g/mol. The number of nitrogen functional groups attached to an aromatic ring is 1. The van der Waals surface area contributed by atoms with Crippen LogP contribution in [0.3, 0.4) is 0 Å². The van der Waals surface area contributed by atoms with Crippen molar-refractivity contribution >= 4 is 28.9 Å². The van der Waals surface area contributed by atoms with Gasteiger partial charge in [0, 0.05) is 5.69 Å². The molecular formula is C14H11ClN4O. The Morgan fingerprint density at radius 1 is 1.40 bits per heavy atom. The third-order valence-corrected chi connectivity index (χ3v) is 2.90. The van der Waals surface area contributed by atoms with E-state index in [1.165, 1.54) is 12.3 Å². The molecule has 0 radical (unpaired) electrons. The number of halogens is 1. The molecule has 20 heavy (non-hydrogen) atoms. The van der Waals surface area contributed by atoms with Crippen LogP contribution in [0.5, 0.6) is 0 Å². The quantitative estimate of drug-likeness (QED) is 0.848. The molecule has 6 heteroatoms. The van der Waals surface area contributed by atoms with Gasteiger partial charge in [0.05, 0.1) is 29.9 Å². The maximum absolute atomic E-state index is 12.1. The van der Waals surface area contributed by atoms with Gasteiger partial charge in [0.25, 0.3) is 5.91 Å². The van der Waals surface area contributed by atoms with Crippen molar-refractivity contribution in [2.75, 3.05) is 11.1 Å². The topological polar surface area (TPSA) is 91.8 Å². The molecule has 0 aliphatic heterocycles. The maximum atomic E-state index is 12.1. The molecule has 0 saturated carbocycles. The number of rotatable bonds is 3. The molecule has 1 heterocycles. The molecule has 1 aromatic heterocycles. The van der Waals surface area contributed by atoms with Gasteiger partial charge >= 0.3 is 0 Å². The summed E-state index contributed by atoms with van der Waals surface area (Å²) in [6.07, 6.45) is 1.72. The predicted octanol–water partition coefficient (Wildman–Crippen LogP) is 2.64. The fourth-order valence-electron chi connectivity index (χ4n) is 1.62. The highest BCUT2D eigenvalue weighted by atomic mass is 35.5. The van der Waals surface area contributed by atoms with Gasteiger partial charge in [0.15, 0.2) is 0 Å². The highest BCUT2D eigenvalue weighted by Crippen LogP contribution is 2.18. The molecule has 0 fully saturated rings. The normalized spacial score (nSPS) is 9.80. The molecule has 2 aromatic rings. The Bertz CT molecular complexity index is 677. The zero-order valence-corrected chi connectivity index (χ0v) is 11.2. The number of nitriles is 1. The van der Waals surface area contributed by atoms with Crippen molar-refractivity contribution in [3.63, 3.8) is 0 Å². The van der Waals surface area contributed by atoms with Crippen LogP contribution in [-0.2, 0) is 6.42 Å². The third kappa shape index (κ3) is 3.25. The molecule has 0 aliphatic carbocycles. The Hall–Kier alpha value is -2.58. The van der Waals surface area contributed by atoms with E-state index in [0.717, 1.165) is 5.56 Å². The van der Waals surface area contributed by atoms with E-state index in [1.54, 1.807) is 24.3 Å². The molecule has 1 amide bonds. The van der Waals surface area contributed by atoms with Gasteiger partial charge in [-0.15, -0.1) is 0 Å². The van der Waals surface area contributed by atoms with Crippen LogP contribution in [0.4, 0.5) is 11.4 Å². The van der Waals surface area contributed by atoms with Gasteiger partial charge in [0.1, 0.15) is 5.15 Å². The van der Waals surface area contributed by atoms with Crippen LogP contribution in [0.2, 0.25) is 5.15 Å². The van der Waals surface area contributed by atoms with Crippen molar-refractivity contribution in [2.24, 2.45) is 0 Å². The zero-order chi connectivity index (χ0) is 14.5. The van der Waals surface area contributed by atoms with E-state index in [1.807, 2.05) is 0 Å². The van der Waals surface area contributed by atoms with E-state index in [2.05, 4.69) is 16.4 Å². The number of nitrogens with one attached hydrogen (secondary N) is 1. The number of amides is 1. The van der Waals surface area contributed by atoms with Crippen molar-refractivity contribution in [1.29, 1.82) is 5.26 Å². The highest BCUT2D eigenvalue weighted by Gasteiger charge is 2.12. The monoisotopic (exact) mass is 286 g/mol. The van der Waals surface area contributed by atoms with Gasteiger partial charge < -0.3 is 11.1 Å². The molecule has 0 atom stereocenters. The van der Waals surface area contributed by atoms with Gasteiger partial charge in [-0.1, -0.05) is 23.7 Å². The average Bonchev–Trinajstić information content (AvgIpc) is 2.44. The summed E-state index contributed by atoms with van der Waals surface area (Å²) in [5, 5.41) is 11.4. The third-order valence-electron chi connectivity index (χ3n) is 2.60. The Balaban J connectivity index is 2.15. The summed E-state index contributed by atoms with van der Waals surface area (Å²) in [6, 6.07) is 10.5. The Labute approximate surface area is 121 Å². The van der Waals surface area contributed by atoms with Crippen molar-refractivity contribution in [3.05, 3.63) is 52.8 Å². The second kappa shape index (κ2) is 6.04. The molecule has 100 valence electrons. The highest BCUT2D eigenvalue weighted by molar-refractivity contribution is 6.33. The second-order valence-corrected chi connectivity index (χ2v) is 4.45. The summed E-state index contributed by atoms with van der Waals surface area (Å²) in [4.78, 5) is 15.9. The van der Waals surface area contributed by atoms with Crippen LogP contribution in [0.15, 0.2) is 36.5 Å². The van der Waals surface area contributed by atoms with Gasteiger partial charge in [-0.05, 0) is 23.8 Å². The fraction of sp³-hybridized carbons (Fsp3) is 0.0714. The molecule has 1 aromatic carbocycles. The Kier molecular flexibility index (Phi) is 4.18. The number of carbonyl (C=O) groups excluding carboxylic acids is 1. The van der Waals surface area contributed by atoms with Crippen molar-refractivity contribution in [3.8, 4) is 6.07 Å². The first-order valence-corrected chi connectivity index (χ1v) is 6.16. The number of benzene rings is 1. The smallest absolute Gasteiger partial charge is 0.258 e. The van der Waals surface area contributed by atoms with E-state index in [9.17, 15) is 4.79 Å². The fourth-order valence-corrected chi connectivity index (χ4v) is 1.81. The van der Waals surface area contributed by atoms with Gasteiger partial charge in [-0.2, -0.15) is 5.26 Å². The predicted molar refractivity (Wildman–Crippen MR) is 77.4 cm³/mol. The summed E-state index contributed by atoms with van der Waals surface area (Å²) >= 11 is 5.86. The number of pyridine rings is 1. The molecule has 3 N–H and O–H groups in total. The Morgan fingerprint density at radius 2 is 2.10 bits per heavy atom. The van der Waals surface area contributed by atoms with E-state index in [4.69, 9.17) is 22.6 Å². The zero-order valence-electron chi connectivity index (χ0n) is 10.4. The maximum Gasteiger partial charge on any atom is 0.258 e. The lowest BCUT2D eigenvalue weighted by Crippen LogP contribution is -2.13. The number of carbonyl (C=O) groups is 1. The van der Waals surface area contributed by atoms with Crippen LogP contribution in [-0.4, -0.2) is 10.9 Å². The first-order valence-electron chi connectivity index (χ1n) is 5.78. The minimum absolute atomic E-state index is 0.0952. The number of aromatic nitrogens is 1. The lowest BCUT2D eigenvalue weighted by molar-refractivity contribution is 0.102. The van der Waals surface area contributed by atoms with Gasteiger partial charge in [-0.3, -0.25) is 4.79 Å². The van der Waals surface area contributed by atoms with E-state index < -0.39 is 0 Å². The van der Waals surface area contributed by atoms with Crippen molar-refractivity contribution < 1.29 is 4.79 Å². The van der Waals surface area contributed by atoms with Gasteiger partial charge in [0.2, 0.25) is 0 Å². The number of hydrogen-bond donors (Lipinski definition) is 2. The van der Waals surface area contributed by atoms with E-state index in [0.29, 0.717) is 17.8 Å². The summed E-state index contributed by atoms with van der Waals surface area (Å²) in [6.45, 7) is 0. The van der Waals surface area contributed by atoms with Crippen molar-refractivity contribution in [2.45, 2.75) is 6.42 Å². The average molecular weight is 287 g/mol. The number of anilines is 2. The molecule has 0 bridgehead atoms. The first-order chi connectivity index (χ1) is 9.60. The summed E-state index contributed by atoms with van der Waals surface area (Å²) in [5.74, 6) is -0.386. The van der Waals surface area contributed by atoms with Crippen LogP contribution in [0.1, 0.15) is 15.9 Å². The minimum atomic E-state index is -0.386. The number of nitrogens with zero attached hydrogens (tertiary/aromatic N) is 2. The number of hydrogen-bond acceptors (Lipinski definition) is 4. The molecule has 5 nitrogen and oxygen atoms in total.